The zero-order valence-corrected chi connectivity index (χ0v) is 16.2. The van der Waals surface area contributed by atoms with Gasteiger partial charge in [0.15, 0.2) is 0 Å². The van der Waals surface area contributed by atoms with Crippen LogP contribution in [0.15, 0.2) is 76.0 Å². The molecule has 0 saturated heterocycles. The summed E-state index contributed by atoms with van der Waals surface area (Å²) in [5.41, 5.74) is 9.23. The lowest BCUT2D eigenvalue weighted by Gasteiger charge is -2.12. The molecule has 1 atom stereocenters. The van der Waals surface area contributed by atoms with Crippen molar-refractivity contribution in [2.45, 2.75) is 12.5 Å². The Bertz CT molecular complexity index is 1050. The summed E-state index contributed by atoms with van der Waals surface area (Å²) < 4.78 is 6.48. The lowest BCUT2D eigenvalue weighted by atomic mass is 10.1. The van der Waals surface area contributed by atoms with Crippen molar-refractivity contribution in [1.29, 1.82) is 0 Å². The average molecular weight is 423 g/mol. The topological polar surface area (TPSA) is 77.0 Å². The van der Waals surface area contributed by atoms with Crippen molar-refractivity contribution in [2.75, 3.05) is 11.9 Å². The number of nitrogens with two attached hydrogens (primary N) is 1. The van der Waals surface area contributed by atoms with E-state index in [1.807, 2.05) is 42.6 Å². The number of nitrogens with zero attached hydrogens (tertiary/aromatic N) is 2. The fraction of sp³-hybridized carbons (Fsp3) is 0.143. The van der Waals surface area contributed by atoms with Gasteiger partial charge in [-0.05, 0) is 41.6 Å². The number of fused-ring (bicyclic) bond motifs is 1. The number of hydrogen-bond acceptors (Lipinski definition) is 5. The fourth-order valence-corrected chi connectivity index (χ4v) is 3.23. The van der Waals surface area contributed by atoms with E-state index >= 15 is 0 Å². The molecule has 3 N–H and O–H groups in total. The number of nitrogens with one attached hydrogen (secondary N) is 1. The number of pyridine rings is 1. The lowest BCUT2D eigenvalue weighted by molar-refractivity contribution is 0.433. The Labute approximate surface area is 165 Å². The summed E-state index contributed by atoms with van der Waals surface area (Å²) in [5.74, 6) is 0.617. The lowest BCUT2D eigenvalue weighted by Crippen LogP contribution is -2.31. The van der Waals surface area contributed by atoms with E-state index < -0.39 is 0 Å². The van der Waals surface area contributed by atoms with Gasteiger partial charge >= 0.3 is 0 Å². The Hall–Kier alpha value is -2.70. The maximum absolute atomic E-state index is 6.23. The number of hydrogen-bond donors (Lipinski definition) is 2. The maximum atomic E-state index is 6.23. The monoisotopic (exact) mass is 422 g/mol. The van der Waals surface area contributed by atoms with Gasteiger partial charge in [0.1, 0.15) is 5.69 Å². The van der Waals surface area contributed by atoms with Gasteiger partial charge in [-0.1, -0.05) is 45.4 Å². The van der Waals surface area contributed by atoms with E-state index in [2.05, 4.69) is 49.6 Å². The van der Waals surface area contributed by atoms with E-state index in [-0.39, 0.29) is 6.04 Å². The second kappa shape index (κ2) is 7.90. The van der Waals surface area contributed by atoms with Crippen molar-refractivity contribution < 1.29 is 4.52 Å². The molecule has 4 rings (SSSR count). The summed E-state index contributed by atoms with van der Waals surface area (Å²) >= 11 is 3.44. The SMILES string of the molecule is N[C@H](CNc1cc(-c2ccc3cnccc3c2)no1)Cc1ccc(Br)cc1. The molecular formula is C21H19BrN4O. The molecule has 2 heterocycles. The second-order valence-corrected chi connectivity index (χ2v) is 7.40. The van der Waals surface area contributed by atoms with E-state index in [1.165, 1.54) is 5.56 Å². The molecule has 0 spiro atoms. The normalized spacial score (nSPS) is 12.2. The predicted octanol–water partition coefficient (Wildman–Crippen LogP) is 4.63. The van der Waals surface area contributed by atoms with E-state index in [4.69, 9.17) is 10.3 Å². The fourth-order valence-electron chi connectivity index (χ4n) is 2.96. The van der Waals surface area contributed by atoms with Crippen LogP contribution in [0.25, 0.3) is 22.0 Å². The molecule has 136 valence electrons. The summed E-state index contributed by atoms with van der Waals surface area (Å²) in [6.07, 6.45) is 4.43. The molecule has 0 amide bonds. The van der Waals surface area contributed by atoms with Gasteiger partial charge in [-0.2, -0.15) is 0 Å². The van der Waals surface area contributed by atoms with Gasteiger partial charge in [0.2, 0.25) is 5.88 Å². The first-order valence-electron chi connectivity index (χ1n) is 8.72. The van der Waals surface area contributed by atoms with Crippen LogP contribution < -0.4 is 11.1 Å². The average Bonchev–Trinajstić information content (AvgIpc) is 3.17. The van der Waals surface area contributed by atoms with Crippen LogP contribution in [-0.4, -0.2) is 22.7 Å². The Morgan fingerprint density at radius 2 is 1.89 bits per heavy atom. The predicted molar refractivity (Wildman–Crippen MR) is 112 cm³/mol. The quantitative estimate of drug-likeness (QED) is 0.473. The largest absolute Gasteiger partial charge is 0.352 e. The van der Waals surface area contributed by atoms with Crippen molar-refractivity contribution in [3.8, 4) is 11.3 Å². The second-order valence-electron chi connectivity index (χ2n) is 6.49. The highest BCUT2D eigenvalue weighted by Gasteiger charge is 2.09. The standard InChI is InChI=1S/C21H19BrN4O/c22-18-5-1-14(2-6-18)9-19(23)13-25-21-11-20(26-27-21)16-3-4-17-12-24-8-7-15(17)10-16/h1-8,10-12,19,25H,9,13,23H2/t19-/m0/s1. The molecule has 0 aliphatic rings. The molecule has 0 radical (unpaired) electrons. The van der Waals surface area contributed by atoms with Crippen molar-refractivity contribution >= 4 is 32.6 Å². The highest BCUT2D eigenvalue weighted by atomic mass is 79.9. The molecule has 0 aliphatic heterocycles. The third kappa shape index (κ3) is 4.35. The molecule has 0 bridgehead atoms. The smallest absolute Gasteiger partial charge is 0.225 e. The zero-order valence-electron chi connectivity index (χ0n) is 14.6. The first kappa shape index (κ1) is 17.7. The Kier molecular flexibility index (Phi) is 5.18. The summed E-state index contributed by atoms with van der Waals surface area (Å²) in [7, 11) is 0. The molecule has 5 nitrogen and oxygen atoms in total. The number of anilines is 1. The maximum Gasteiger partial charge on any atom is 0.225 e. The molecular weight excluding hydrogens is 404 g/mol. The van der Waals surface area contributed by atoms with Gasteiger partial charge < -0.3 is 15.6 Å². The molecule has 2 aromatic carbocycles. The summed E-state index contributed by atoms with van der Waals surface area (Å²) in [4.78, 5) is 4.14. The Balaban J connectivity index is 1.39. The van der Waals surface area contributed by atoms with Gasteiger partial charge in [0, 0.05) is 46.5 Å². The number of halogens is 1. The number of benzene rings is 2. The van der Waals surface area contributed by atoms with Crippen LogP contribution in [0, 0.1) is 0 Å². The van der Waals surface area contributed by atoms with E-state index in [1.54, 1.807) is 6.20 Å². The summed E-state index contributed by atoms with van der Waals surface area (Å²) in [6.45, 7) is 0.605. The van der Waals surface area contributed by atoms with Crippen LogP contribution in [0.1, 0.15) is 5.56 Å². The molecule has 27 heavy (non-hydrogen) atoms. The number of rotatable bonds is 6. The Morgan fingerprint density at radius 1 is 1.04 bits per heavy atom. The third-order valence-corrected chi connectivity index (χ3v) is 4.92. The van der Waals surface area contributed by atoms with Crippen LogP contribution in [0.5, 0.6) is 0 Å². The molecule has 0 aliphatic carbocycles. The van der Waals surface area contributed by atoms with Crippen LogP contribution in [0.2, 0.25) is 0 Å². The van der Waals surface area contributed by atoms with Gasteiger partial charge in [-0.25, -0.2) is 0 Å². The minimum Gasteiger partial charge on any atom is -0.352 e. The molecule has 0 saturated carbocycles. The van der Waals surface area contributed by atoms with E-state index in [0.717, 1.165) is 32.9 Å². The highest BCUT2D eigenvalue weighted by Crippen LogP contribution is 2.25. The van der Waals surface area contributed by atoms with Gasteiger partial charge in [-0.3, -0.25) is 4.98 Å². The first-order valence-corrected chi connectivity index (χ1v) is 9.51. The van der Waals surface area contributed by atoms with Crippen molar-refractivity contribution in [1.82, 2.24) is 10.1 Å². The van der Waals surface area contributed by atoms with Crippen molar-refractivity contribution in [3.05, 3.63) is 77.0 Å². The highest BCUT2D eigenvalue weighted by molar-refractivity contribution is 9.10. The van der Waals surface area contributed by atoms with Gasteiger partial charge in [0.05, 0.1) is 0 Å². The van der Waals surface area contributed by atoms with Crippen molar-refractivity contribution in [3.63, 3.8) is 0 Å². The molecule has 0 unspecified atom stereocenters. The minimum atomic E-state index is -0.0205. The van der Waals surface area contributed by atoms with Crippen LogP contribution in [0.3, 0.4) is 0 Å². The van der Waals surface area contributed by atoms with Crippen LogP contribution in [-0.2, 0) is 6.42 Å². The molecule has 4 aromatic rings. The van der Waals surface area contributed by atoms with E-state index in [0.29, 0.717) is 12.4 Å². The molecule has 6 heteroatoms. The molecule has 0 fully saturated rings. The van der Waals surface area contributed by atoms with Gasteiger partial charge in [0.25, 0.3) is 0 Å². The van der Waals surface area contributed by atoms with Crippen molar-refractivity contribution in [2.24, 2.45) is 5.73 Å². The summed E-state index contributed by atoms with van der Waals surface area (Å²) in [5, 5.41) is 9.62. The van der Waals surface area contributed by atoms with Crippen LogP contribution in [0.4, 0.5) is 5.88 Å². The van der Waals surface area contributed by atoms with Gasteiger partial charge in [-0.15, -0.1) is 0 Å². The van der Waals surface area contributed by atoms with Crippen LogP contribution >= 0.6 is 15.9 Å². The minimum absolute atomic E-state index is 0.0205. The zero-order chi connectivity index (χ0) is 18.6. The first-order chi connectivity index (χ1) is 13.2. The Morgan fingerprint density at radius 3 is 2.74 bits per heavy atom. The van der Waals surface area contributed by atoms with E-state index in [9.17, 15) is 0 Å². The third-order valence-electron chi connectivity index (χ3n) is 4.40. The molecule has 2 aromatic heterocycles. The number of aromatic nitrogens is 2. The summed E-state index contributed by atoms with van der Waals surface area (Å²) in [6, 6.07) is 18.2.